The van der Waals surface area contributed by atoms with Gasteiger partial charge in [-0.1, -0.05) is 0 Å². The highest BCUT2D eigenvalue weighted by atomic mass is 32.2. The normalized spacial score (nSPS) is 20.9. The van der Waals surface area contributed by atoms with Gasteiger partial charge in [-0.05, 0) is 56.4 Å². The number of ether oxygens (including phenoxy) is 1. The van der Waals surface area contributed by atoms with E-state index in [9.17, 15) is 13.2 Å². The lowest BCUT2D eigenvalue weighted by atomic mass is 9.95. The molecule has 144 valence electrons. The first-order valence-electron chi connectivity index (χ1n) is 9.23. The van der Waals surface area contributed by atoms with Crippen molar-refractivity contribution in [3.63, 3.8) is 0 Å². The van der Waals surface area contributed by atoms with Gasteiger partial charge in [0.05, 0.1) is 24.7 Å². The zero-order valence-electron chi connectivity index (χ0n) is 15.3. The quantitative estimate of drug-likeness (QED) is 0.867. The van der Waals surface area contributed by atoms with Gasteiger partial charge < -0.3 is 10.1 Å². The van der Waals surface area contributed by atoms with Crippen molar-refractivity contribution in [3.05, 3.63) is 41.2 Å². The van der Waals surface area contributed by atoms with Crippen molar-refractivity contribution in [1.29, 1.82) is 0 Å². The number of carbonyl (C=O) groups is 1. The van der Waals surface area contributed by atoms with Crippen molar-refractivity contribution in [2.75, 3.05) is 23.9 Å². The van der Waals surface area contributed by atoms with E-state index >= 15 is 0 Å². The van der Waals surface area contributed by atoms with E-state index in [1.54, 1.807) is 31.4 Å². The van der Waals surface area contributed by atoms with Crippen LogP contribution in [0.25, 0.3) is 0 Å². The molecule has 2 aliphatic rings. The van der Waals surface area contributed by atoms with Crippen molar-refractivity contribution in [2.24, 2.45) is 0 Å². The summed E-state index contributed by atoms with van der Waals surface area (Å²) in [4.78, 5) is 12.9. The zero-order valence-corrected chi connectivity index (χ0v) is 16.1. The van der Waals surface area contributed by atoms with Crippen LogP contribution < -0.4 is 10.1 Å². The smallest absolute Gasteiger partial charge is 0.276 e. The highest BCUT2D eigenvalue weighted by molar-refractivity contribution is 7.91. The number of anilines is 1. The first kappa shape index (κ1) is 18.0. The summed E-state index contributed by atoms with van der Waals surface area (Å²) >= 11 is 0. The third-order valence-electron chi connectivity index (χ3n) is 5.33. The Bertz CT molecular complexity index is 964. The number of rotatable bonds is 4. The fourth-order valence-electron chi connectivity index (χ4n) is 3.94. The van der Waals surface area contributed by atoms with Crippen LogP contribution in [0.3, 0.4) is 0 Å². The highest BCUT2D eigenvalue weighted by Gasteiger charge is 2.34. The summed E-state index contributed by atoms with van der Waals surface area (Å²) in [6, 6.07) is 6.97. The molecule has 1 aliphatic carbocycles. The predicted molar refractivity (Wildman–Crippen MR) is 102 cm³/mol. The first-order chi connectivity index (χ1) is 13.0. The van der Waals surface area contributed by atoms with Crippen LogP contribution >= 0.6 is 0 Å². The molecular formula is C19H23N3O4S. The minimum Gasteiger partial charge on any atom is -0.497 e. The van der Waals surface area contributed by atoms with Crippen LogP contribution in [0.5, 0.6) is 5.75 Å². The third-order valence-corrected chi connectivity index (χ3v) is 7.08. The zero-order chi connectivity index (χ0) is 19.0. The van der Waals surface area contributed by atoms with Gasteiger partial charge >= 0.3 is 0 Å². The van der Waals surface area contributed by atoms with Crippen molar-refractivity contribution >= 4 is 21.4 Å². The van der Waals surface area contributed by atoms with E-state index in [4.69, 9.17) is 4.74 Å². The number of nitrogens with zero attached hydrogens (tertiary/aromatic N) is 2. The SMILES string of the molecule is COc1ccc(NC(=O)c2nn([C@@H]3CCS(=O)(=O)C3)c3c2CCCC3)cc1. The molecule has 7 nitrogen and oxygen atoms in total. The Balaban J connectivity index is 1.63. The molecule has 1 aromatic carbocycles. The molecule has 0 saturated carbocycles. The Morgan fingerprint density at radius 2 is 1.96 bits per heavy atom. The second-order valence-electron chi connectivity index (χ2n) is 7.17. The third kappa shape index (κ3) is 3.58. The average Bonchev–Trinajstić information content (AvgIpc) is 3.22. The topological polar surface area (TPSA) is 90.3 Å². The molecule has 8 heteroatoms. The lowest BCUT2D eigenvalue weighted by molar-refractivity contribution is 0.102. The van der Waals surface area contributed by atoms with Crippen LogP contribution in [0.4, 0.5) is 5.69 Å². The summed E-state index contributed by atoms with van der Waals surface area (Å²) in [6.45, 7) is 0. The lowest BCUT2D eigenvalue weighted by Crippen LogP contribution is -2.17. The number of amides is 1. The fourth-order valence-corrected chi connectivity index (χ4v) is 5.64. The molecule has 1 atom stereocenters. The van der Waals surface area contributed by atoms with Crippen molar-refractivity contribution < 1.29 is 17.9 Å². The molecule has 2 aromatic rings. The maximum Gasteiger partial charge on any atom is 0.276 e. The number of carbonyl (C=O) groups excluding carboxylic acids is 1. The van der Waals surface area contributed by atoms with E-state index in [-0.39, 0.29) is 23.5 Å². The number of methoxy groups -OCH3 is 1. The Morgan fingerprint density at radius 3 is 2.63 bits per heavy atom. The van der Waals surface area contributed by atoms with Crippen LogP contribution in [0, 0.1) is 0 Å². The largest absolute Gasteiger partial charge is 0.497 e. The van der Waals surface area contributed by atoms with Crippen LogP contribution in [-0.4, -0.2) is 42.7 Å². The molecule has 27 heavy (non-hydrogen) atoms. The van der Waals surface area contributed by atoms with Gasteiger partial charge in [0.2, 0.25) is 0 Å². The Hall–Kier alpha value is -2.35. The molecule has 4 rings (SSSR count). The van der Waals surface area contributed by atoms with Gasteiger partial charge in [0.1, 0.15) is 5.75 Å². The van der Waals surface area contributed by atoms with E-state index in [0.29, 0.717) is 17.8 Å². The second-order valence-corrected chi connectivity index (χ2v) is 9.39. The molecule has 2 heterocycles. The molecule has 0 radical (unpaired) electrons. The Morgan fingerprint density at radius 1 is 1.22 bits per heavy atom. The summed E-state index contributed by atoms with van der Waals surface area (Å²) < 4.78 is 30.7. The average molecular weight is 389 g/mol. The van der Waals surface area contributed by atoms with Gasteiger partial charge in [-0.25, -0.2) is 8.42 Å². The van der Waals surface area contributed by atoms with Gasteiger partial charge in [0, 0.05) is 16.9 Å². The molecule has 0 bridgehead atoms. The summed E-state index contributed by atoms with van der Waals surface area (Å²) in [6.07, 6.45) is 4.27. The molecule has 1 N–H and O–H groups in total. The summed E-state index contributed by atoms with van der Waals surface area (Å²) in [5, 5.41) is 7.48. The highest BCUT2D eigenvalue weighted by Crippen LogP contribution is 2.31. The number of aromatic nitrogens is 2. The van der Waals surface area contributed by atoms with Gasteiger partial charge in [-0.2, -0.15) is 5.10 Å². The molecule has 0 spiro atoms. The van der Waals surface area contributed by atoms with E-state index in [0.717, 1.165) is 42.7 Å². The number of fused-ring (bicyclic) bond motifs is 1. The minimum absolute atomic E-state index is 0.112. The molecule has 1 amide bonds. The molecule has 1 aliphatic heterocycles. The van der Waals surface area contributed by atoms with E-state index in [1.807, 2.05) is 4.68 Å². The molecular weight excluding hydrogens is 366 g/mol. The summed E-state index contributed by atoms with van der Waals surface area (Å²) in [5.41, 5.74) is 3.09. The van der Waals surface area contributed by atoms with E-state index < -0.39 is 9.84 Å². The standard InChI is InChI=1S/C19H23N3O4S/c1-26-15-8-6-13(7-9-15)20-19(23)18-16-4-2-3-5-17(16)22(21-18)14-10-11-27(24,25)12-14/h6-9,14H,2-5,10-12H2,1H3,(H,20,23)/t14-/m1/s1. The van der Waals surface area contributed by atoms with Gasteiger partial charge in [-0.15, -0.1) is 0 Å². The number of nitrogens with one attached hydrogen (secondary N) is 1. The van der Waals surface area contributed by atoms with E-state index in [2.05, 4.69) is 10.4 Å². The maximum atomic E-state index is 12.9. The van der Waals surface area contributed by atoms with Crippen LogP contribution in [0.15, 0.2) is 24.3 Å². The molecule has 1 fully saturated rings. The first-order valence-corrected chi connectivity index (χ1v) is 11.0. The van der Waals surface area contributed by atoms with Crippen molar-refractivity contribution in [1.82, 2.24) is 9.78 Å². The van der Waals surface area contributed by atoms with E-state index in [1.165, 1.54) is 0 Å². The molecule has 1 saturated heterocycles. The number of sulfone groups is 1. The minimum atomic E-state index is -3.01. The maximum absolute atomic E-state index is 12.9. The fraction of sp³-hybridized carbons (Fsp3) is 0.474. The van der Waals surface area contributed by atoms with Gasteiger partial charge in [-0.3, -0.25) is 9.48 Å². The summed E-state index contributed by atoms with van der Waals surface area (Å²) in [5.74, 6) is 0.774. The van der Waals surface area contributed by atoms with Crippen LogP contribution in [0.2, 0.25) is 0 Å². The Labute approximate surface area is 158 Å². The molecule has 0 unspecified atom stereocenters. The number of hydrogen-bond acceptors (Lipinski definition) is 5. The van der Waals surface area contributed by atoms with Gasteiger partial charge in [0.15, 0.2) is 15.5 Å². The Kier molecular flexibility index (Phi) is 4.67. The molecule has 1 aromatic heterocycles. The number of hydrogen-bond donors (Lipinski definition) is 1. The number of benzene rings is 1. The van der Waals surface area contributed by atoms with Crippen molar-refractivity contribution in [2.45, 2.75) is 38.1 Å². The predicted octanol–water partition coefficient (Wildman–Crippen LogP) is 2.38. The monoisotopic (exact) mass is 389 g/mol. The van der Waals surface area contributed by atoms with Gasteiger partial charge in [0.25, 0.3) is 5.91 Å². The lowest BCUT2D eigenvalue weighted by Gasteiger charge is -2.17. The second kappa shape index (κ2) is 6.99. The van der Waals surface area contributed by atoms with Crippen molar-refractivity contribution in [3.8, 4) is 5.75 Å². The van der Waals surface area contributed by atoms with Crippen LogP contribution in [0.1, 0.15) is 47.1 Å². The summed E-state index contributed by atoms with van der Waals surface area (Å²) in [7, 11) is -1.42. The van der Waals surface area contributed by atoms with Crippen LogP contribution in [-0.2, 0) is 22.7 Å².